The largest absolute Gasteiger partial charge is 0.296 e. The van der Waals surface area contributed by atoms with Crippen molar-refractivity contribution in [2.24, 2.45) is 35.2 Å². The topological polar surface area (TPSA) is 83.8 Å². The van der Waals surface area contributed by atoms with Gasteiger partial charge in [0.25, 0.3) is 31.1 Å². The predicted octanol–water partition coefficient (Wildman–Crippen LogP) is 20.8. The molecule has 0 aliphatic carbocycles. The highest BCUT2D eigenvalue weighted by Crippen LogP contribution is 2.36. The average molecular weight is 1420 g/mol. The maximum atomic E-state index is 13.5. The smallest absolute Gasteiger partial charge is 0.232 e. The van der Waals surface area contributed by atoms with E-state index < -0.39 is 0 Å². The highest BCUT2D eigenvalue weighted by Gasteiger charge is 2.25. The molecule has 0 aliphatic heterocycles. The molecule has 15 aromatic rings. The summed E-state index contributed by atoms with van der Waals surface area (Å²) in [5.74, 6) is 1.76. The highest BCUT2D eigenvalue weighted by molar-refractivity contribution is 5.96. The Bertz CT molecular complexity index is 5780. The fourth-order valence-electron chi connectivity index (χ4n) is 14.9. The minimum absolute atomic E-state index is 0.199. The van der Waals surface area contributed by atoms with Crippen LogP contribution in [0.5, 0.6) is 0 Å². The SMILES string of the molecule is CCC(CC)c1ccc2c(-c3ccc(F)cc3C)[n+](C)cnc2c1.CCC(CC)c1ccc2nc[n+](C)c(-c3ccc(F)cc3C)c2c1.Cc1ccc(C)c(-c2c3cccc(C)c3nc[n+]2C)c1.Cc1ccc(C)c(-c2c3ccccc3nc(C)[n+]2C)c1.Cc1ccc(C)c(-c2c3ccccc3nc[n+]2C)c1. The molecule has 0 saturated carbocycles. The third kappa shape index (κ3) is 16.9. The Morgan fingerprint density at radius 1 is 0.299 bits per heavy atom. The van der Waals surface area contributed by atoms with Gasteiger partial charge in [-0.05, 0) is 273 Å². The average Bonchev–Trinajstić information content (AvgIpc) is 0.797. The van der Waals surface area contributed by atoms with E-state index in [4.69, 9.17) is 0 Å². The first-order chi connectivity index (χ1) is 51.4. The van der Waals surface area contributed by atoms with E-state index >= 15 is 0 Å². The molecule has 542 valence electrons. The van der Waals surface area contributed by atoms with Crippen LogP contribution in [0.1, 0.15) is 132 Å². The highest BCUT2D eigenvalue weighted by atomic mass is 19.1. The van der Waals surface area contributed by atoms with Gasteiger partial charge in [-0.2, -0.15) is 0 Å². The maximum Gasteiger partial charge on any atom is 0.296 e. The van der Waals surface area contributed by atoms with Crippen LogP contribution < -0.4 is 22.8 Å². The molecule has 10 nitrogen and oxygen atoms in total. The third-order valence-electron chi connectivity index (χ3n) is 21.1. The molecule has 0 radical (unpaired) electrons. The van der Waals surface area contributed by atoms with E-state index in [-0.39, 0.29) is 11.6 Å². The monoisotopic (exact) mass is 1420 g/mol. The van der Waals surface area contributed by atoms with Crippen LogP contribution in [0.15, 0.2) is 219 Å². The van der Waals surface area contributed by atoms with Crippen molar-refractivity contribution < 1.29 is 31.6 Å². The van der Waals surface area contributed by atoms with Gasteiger partial charge in [0.15, 0.2) is 27.6 Å². The van der Waals surface area contributed by atoms with Crippen molar-refractivity contribution in [3.05, 3.63) is 298 Å². The summed E-state index contributed by atoms with van der Waals surface area (Å²) in [6.45, 7) is 29.9. The van der Waals surface area contributed by atoms with Gasteiger partial charge in [0.2, 0.25) is 0 Å². The lowest BCUT2D eigenvalue weighted by atomic mass is 9.91. The molecule has 10 aromatic carbocycles. The minimum atomic E-state index is -0.201. The van der Waals surface area contributed by atoms with Gasteiger partial charge in [-0.1, -0.05) is 129 Å². The summed E-state index contributed by atoms with van der Waals surface area (Å²) in [6.07, 6.45) is 12.0. The lowest BCUT2D eigenvalue weighted by Crippen LogP contribution is -2.36. The first-order valence-corrected chi connectivity index (χ1v) is 37.5. The molecule has 0 atom stereocenters. The van der Waals surface area contributed by atoms with Crippen LogP contribution in [0.2, 0.25) is 0 Å². The number of hydrogen-bond acceptors (Lipinski definition) is 5. The number of aromatic nitrogens is 10. The molecule has 0 aliphatic rings. The summed E-state index contributed by atoms with van der Waals surface area (Å²) in [5.41, 5.74) is 30.5. The first-order valence-electron chi connectivity index (χ1n) is 37.5. The molecule has 15 rings (SSSR count). The molecule has 107 heavy (non-hydrogen) atoms. The van der Waals surface area contributed by atoms with Crippen molar-refractivity contribution >= 4 is 54.5 Å². The first kappa shape index (κ1) is 76.9. The summed E-state index contributed by atoms with van der Waals surface area (Å²) in [4.78, 5) is 22.9. The number of fused-ring (bicyclic) bond motifs is 5. The quantitative estimate of drug-likeness (QED) is 0.121. The van der Waals surface area contributed by atoms with E-state index in [2.05, 4.69) is 288 Å². The minimum Gasteiger partial charge on any atom is -0.232 e. The van der Waals surface area contributed by atoms with E-state index in [0.717, 1.165) is 104 Å². The molecular formula is C95H103F2N10+5. The van der Waals surface area contributed by atoms with E-state index in [1.54, 1.807) is 12.1 Å². The molecule has 12 heteroatoms. The number of para-hydroxylation sites is 3. The summed E-state index contributed by atoms with van der Waals surface area (Å²) in [7, 11) is 10.2. The molecule has 5 heterocycles. The molecule has 0 saturated heterocycles. The lowest BCUT2D eigenvalue weighted by molar-refractivity contribution is -0.668. The summed E-state index contributed by atoms with van der Waals surface area (Å²) in [5, 5.41) is 5.84. The zero-order valence-corrected chi connectivity index (χ0v) is 66.0. The fraction of sp³-hybridized carbons (Fsp3) is 0.263. The van der Waals surface area contributed by atoms with Crippen molar-refractivity contribution in [3.8, 4) is 56.3 Å². The normalized spacial score (nSPS) is 11.2. The van der Waals surface area contributed by atoms with Crippen molar-refractivity contribution in [1.82, 2.24) is 24.9 Å². The number of rotatable bonds is 11. The summed E-state index contributed by atoms with van der Waals surface area (Å²) >= 11 is 0. The van der Waals surface area contributed by atoms with Crippen molar-refractivity contribution in [1.29, 1.82) is 0 Å². The lowest BCUT2D eigenvalue weighted by Gasteiger charge is -2.14. The zero-order valence-electron chi connectivity index (χ0n) is 66.0. The maximum absolute atomic E-state index is 13.5. The standard InChI is InChI=1S/2C21H24FN2.2C18H19N2.C17H17N2/c1-5-15(6-2)16-7-10-20-19(12-16)21(24(4)13-23-20)18-9-8-17(22)11-14(18)3;1-5-15(6-2)16-7-9-19-20(12-16)23-13-24(4)21(19)18-10-8-17(22)11-14(18)3;1-12-8-9-13(2)16(10-12)18-15-7-5-6-14(3)17(15)19-11-20(18)4;1-12-9-10-13(2)16(11-12)18-15-7-5-6-8-17(15)19-14(3)20(18)4;1-12-8-9-13(2)15(10-12)17-14-6-4-5-7-16(14)18-11-19(17)3/h2*7-13,15H,5-6H2,1-4H3;2*5-11H,1-4H3;4-11H,1-3H3/q5*+1. The fourth-order valence-corrected chi connectivity index (χ4v) is 14.9. The molecule has 0 bridgehead atoms. The van der Waals surface area contributed by atoms with Gasteiger partial charge in [-0.3, -0.25) is 0 Å². The van der Waals surface area contributed by atoms with Crippen molar-refractivity contribution in [2.75, 3.05) is 0 Å². The van der Waals surface area contributed by atoms with Gasteiger partial charge in [0.1, 0.15) is 40.1 Å². The molecule has 0 spiro atoms. The Kier molecular flexibility index (Phi) is 24.4. The van der Waals surface area contributed by atoms with Gasteiger partial charge in [0.05, 0.1) is 62.2 Å². The number of benzene rings is 10. The van der Waals surface area contributed by atoms with Crippen LogP contribution in [0.4, 0.5) is 8.78 Å². The summed E-state index contributed by atoms with van der Waals surface area (Å²) in [6, 6.07) is 65.9. The Labute approximate surface area is 631 Å². The molecule has 0 N–H and O–H groups in total. The second kappa shape index (κ2) is 33.9. The van der Waals surface area contributed by atoms with E-state index in [9.17, 15) is 8.78 Å². The number of aryl methyl sites for hydroxylation is 14. The number of hydrogen-bond donors (Lipinski definition) is 0. The van der Waals surface area contributed by atoms with Gasteiger partial charge >= 0.3 is 0 Å². The van der Waals surface area contributed by atoms with Gasteiger partial charge in [-0.15, -0.1) is 0 Å². The van der Waals surface area contributed by atoms with Crippen molar-refractivity contribution in [3.63, 3.8) is 0 Å². The molecular weight excluding hydrogens is 1320 g/mol. The second-order valence-electron chi connectivity index (χ2n) is 28.8. The van der Waals surface area contributed by atoms with E-state index in [1.165, 1.54) is 112 Å². The molecule has 0 unspecified atom stereocenters. The van der Waals surface area contributed by atoms with Crippen LogP contribution >= 0.6 is 0 Å². The van der Waals surface area contributed by atoms with Crippen LogP contribution in [0.3, 0.4) is 0 Å². The Balaban J connectivity index is 0.000000134. The van der Waals surface area contributed by atoms with E-state index in [0.29, 0.717) is 11.8 Å². The van der Waals surface area contributed by atoms with Crippen LogP contribution in [0.25, 0.3) is 111 Å². The van der Waals surface area contributed by atoms with Crippen LogP contribution in [-0.2, 0) is 35.2 Å². The van der Waals surface area contributed by atoms with Gasteiger partial charge < -0.3 is 0 Å². The van der Waals surface area contributed by atoms with Crippen LogP contribution in [-0.4, -0.2) is 24.9 Å². The third-order valence-corrected chi connectivity index (χ3v) is 21.1. The van der Waals surface area contributed by atoms with Crippen molar-refractivity contribution in [2.45, 2.75) is 134 Å². The Morgan fingerprint density at radius 3 is 1.20 bits per heavy atom. The second-order valence-corrected chi connectivity index (χ2v) is 28.8. The predicted molar refractivity (Wildman–Crippen MR) is 436 cm³/mol. The molecule has 0 fully saturated rings. The summed E-state index contributed by atoms with van der Waals surface area (Å²) < 4.78 is 37.4. The van der Waals surface area contributed by atoms with Gasteiger partial charge in [-0.25, -0.2) is 31.6 Å². The Hall–Kier alpha value is -11.2. The zero-order chi connectivity index (χ0) is 76.5. The van der Waals surface area contributed by atoms with Gasteiger partial charge in [0, 0.05) is 40.3 Å². The molecule has 0 amide bonds. The Morgan fingerprint density at radius 2 is 0.692 bits per heavy atom. The number of halogens is 2. The van der Waals surface area contributed by atoms with E-state index in [1.807, 2.05) is 86.7 Å². The van der Waals surface area contributed by atoms with Crippen LogP contribution in [0, 0.1) is 80.9 Å². The number of nitrogens with zero attached hydrogens (tertiary/aromatic N) is 10. The molecule has 5 aromatic heterocycles.